The van der Waals surface area contributed by atoms with Crippen LogP contribution >= 0.6 is 22.6 Å². The Kier molecular flexibility index (Phi) is 6.27. The summed E-state index contributed by atoms with van der Waals surface area (Å²) in [5.41, 5.74) is 0. The molecular weight excluding hydrogens is 313 g/mol. The molecule has 0 radical (unpaired) electrons. The second-order valence-corrected chi connectivity index (χ2v) is 4.83. The smallest absolute Gasteiger partial charge is 0.320 e. The fourth-order valence-electron chi connectivity index (χ4n) is 0.967. The fraction of sp³-hybridized carbons (Fsp3) is 1.00. The van der Waals surface area contributed by atoms with Crippen molar-refractivity contribution >= 4 is 22.6 Å². The molecule has 14 heavy (non-hydrogen) atoms. The first-order valence-corrected chi connectivity index (χ1v) is 5.48. The first-order chi connectivity index (χ1) is 6.31. The van der Waals surface area contributed by atoms with Gasteiger partial charge in [0.2, 0.25) is 0 Å². The van der Waals surface area contributed by atoms with Crippen molar-refractivity contribution in [1.29, 1.82) is 0 Å². The van der Waals surface area contributed by atoms with Crippen LogP contribution in [-0.2, 0) is 0 Å². The van der Waals surface area contributed by atoms with E-state index in [0.29, 0.717) is 6.42 Å². The fourth-order valence-corrected chi connectivity index (χ4v) is 1.35. The van der Waals surface area contributed by atoms with Gasteiger partial charge in [0, 0.05) is 0 Å². The second kappa shape index (κ2) is 6.09. The summed E-state index contributed by atoms with van der Waals surface area (Å²) in [6.07, 6.45) is -3.55. The summed E-state index contributed by atoms with van der Waals surface area (Å²) in [6, 6.07) is 0. The number of unbranched alkanes of at least 4 members (excludes halogenated alkanes) is 2. The van der Waals surface area contributed by atoms with Crippen LogP contribution < -0.4 is 5.32 Å². The number of alkyl halides is 5. The van der Waals surface area contributed by atoms with E-state index in [9.17, 15) is 17.6 Å². The van der Waals surface area contributed by atoms with Crippen LogP contribution in [0.1, 0.15) is 25.7 Å². The lowest BCUT2D eigenvalue weighted by Gasteiger charge is -2.21. The van der Waals surface area contributed by atoms with Gasteiger partial charge < -0.3 is 5.32 Å². The molecule has 0 saturated carbocycles. The minimum absolute atomic E-state index is 0.265. The van der Waals surface area contributed by atoms with Crippen LogP contribution in [0.5, 0.6) is 0 Å². The van der Waals surface area contributed by atoms with E-state index < -0.39 is 16.3 Å². The van der Waals surface area contributed by atoms with Crippen molar-refractivity contribution in [3.8, 4) is 0 Å². The average Bonchev–Trinajstić information content (AvgIpc) is 2.02. The van der Waals surface area contributed by atoms with Crippen molar-refractivity contribution in [2.75, 3.05) is 13.6 Å². The Morgan fingerprint density at radius 2 is 1.64 bits per heavy atom. The van der Waals surface area contributed by atoms with Gasteiger partial charge in [-0.25, -0.2) is 4.39 Å². The van der Waals surface area contributed by atoms with Crippen LogP contribution in [0, 0.1) is 0 Å². The van der Waals surface area contributed by atoms with Gasteiger partial charge in [-0.2, -0.15) is 13.2 Å². The molecule has 0 aromatic heterocycles. The van der Waals surface area contributed by atoms with Crippen LogP contribution in [0.15, 0.2) is 0 Å². The third kappa shape index (κ3) is 5.33. The van der Waals surface area contributed by atoms with Gasteiger partial charge in [0.1, 0.15) is 0 Å². The highest BCUT2D eigenvalue weighted by Crippen LogP contribution is 2.43. The number of nitrogens with one attached hydrogen (secondary N) is 1. The molecule has 0 rings (SSSR count). The normalized spacial score (nSPS) is 16.7. The van der Waals surface area contributed by atoms with E-state index in [-0.39, 0.29) is 6.42 Å². The van der Waals surface area contributed by atoms with Gasteiger partial charge in [0.25, 0.3) is 3.68 Å². The van der Waals surface area contributed by atoms with Gasteiger partial charge in [-0.05, 0) is 55.4 Å². The van der Waals surface area contributed by atoms with Gasteiger partial charge in [-0.15, -0.1) is 0 Å². The molecule has 6 heteroatoms. The van der Waals surface area contributed by atoms with E-state index in [2.05, 4.69) is 5.32 Å². The van der Waals surface area contributed by atoms with Crippen molar-refractivity contribution in [2.24, 2.45) is 0 Å². The van der Waals surface area contributed by atoms with E-state index >= 15 is 0 Å². The number of hydrogen-bond acceptors (Lipinski definition) is 1. The Morgan fingerprint density at radius 3 is 2.07 bits per heavy atom. The van der Waals surface area contributed by atoms with Crippen molar-refractivity contribution in [1.82, 2.24) is 5.32 Å². The molecule has 1 nitrogen and oxygen atoms in total. The van der Waals surface area contributed by atoms with Gasteiger partial charge in [0.05, 0.1) is 0 Å². The Bertz CT molecular complexity index is 158. The monoisotopic (exact) mass is 327 g/mol. The predicted molar refractivity (Wildman–Crippen MR) is 56.3 cm³/mol. The lowest BCUT2D eigenvalue weighted by molar-refractivity contribution is -0.189. The molecular formula is C8H14F4IN. The van der Waals surface area contributed by atoms with Gasteiger partial charge in [-0.3, -0.25) is 0 Å². The van der Waals surface area contributed by atoms with Crippen LogP contribution in [0.25, 0.3) is 0 Å². The Hall–Kier alpha value is 0.410. The molecule has 0 fully saturated rings. The van der Waals surface area contributed by atoms with Crippen LogP contribution in [0.4, 0.5) is 17.6 Å². The zero-order valence-corrected chi connectivity index (χ0v) is 10.1. The summed E-state index contributed by atoms with van der Waals surface area (Å²) < 4.78 is 45.9. The van der Waals surface area contributed by atoms with Crippen molar-refractivity contribution in [3.63, 3.8) is 0 Å². The molecule has 0 spiro atoms. The van der Waals surface area contributed by atoms with Crippen molar-refractivity contribution in [3.05, 3.63) is 0 Å². The van der Waals surface area contributed by atoms with E-state index in [1.807, 2.05) is 0 Å². The summed E-state index contributed by atoms with van der Waals surface area (Å²) in [4.78, 5) is 0. The lowest BCUT2D eigenvalue weighted by Crippen LogP contribution is -2.34. The number of hydrogen-bond donors (Lipinski definition) is 1. The number of halogens is 5. The van der Waals surface area contributed by atoms with Crippen LogP contribution in [-0.4, -0.2) is 23.4 Å². The highest BCUT2D eigenvalue weighted by Gasteiger charge is 2.53. The van der Waals surface area contributed by atoms with Crippen LogP contribution in [0.3, 0.4) is 0 Å². The molecule has 0 heterocycles. The van der Waals surface area contributed by atoms with E-state index in [1.54, 1.807) is 7.05 Å². The highest BCUT2D eigenvalue weighted by molar-refractivity contribution is 14.1. The first kappa shape index (κ1) is 14.4. The minimum atomic E-state index is -4.75. The predicted octanol–water partition coefficient (Wildman–Crippen LogP) is 3.43. The van der Waals surface area contributed by atoms with E-state index in [1.165, 1.54) is 0 Å². The largest absolute Gasteiger partial charge is 0.431 e. The molecule has 0 aliphatic heterocycles. The maximum Gasteiger partial charge on any atom is 0.431 e. The summed E-state index contributed by atoms with van der Waals surface area (Å²) in [7, 11) is 1.77. The average molecular weight is 327 g/mol. The second-order valence-electron chi connectivity index (χ2n) is 3.12. The minimum Gasteiger partial charge on any atom is -0.320 e. The van der Waals surface area contributed by atoms with Gasteiger partial charge in [-0.1, -0.05) is 6.42 Å². The maximum absolute atomic E-state index is 13.0. The van der Waals surface area contributed by atoms with Crippen LogP contribution in [0.2, 0.25) is 0 Å². The van der Waals surface area contributed by atoms with Crippen molar-refractivity contribution in [2.45, 2.75) is 35.5 Å². The molecule has 1 unspecified atom stereocenters. The van der Waals surface area contributed by atoms with Gasteiger partial charge in [0.15, 0.2) is 0 Å². The summed E-state index contributed by atoms with van der Waals surface area (Å²) in [6.45, 7) is 0.756. The number of rotatable bonds is 6. The summed E-state index contributed by atoms with van der Waals surface area (Å²) >= 11 is 0.836. The molecule has 0 amide bonds. The maximum atomic E-state index is 13.0. The molecule has 1 N–H and O–H groups in total. The molecule has 0 aliphatic carbocycles. The highest BCUT2D eigenvalue weighted by atomic mass is 127. The third-order valence-electron chi connectivity index (χ3n) is 1.83. The molecule has 1 atom stereocenters. The zero-order valence-electron chi connectivity index (χ0n) is 7.93. The summed E-state index contributed by atoms with van der Waals surface area (Å²) in [5, 5.41) is 2.88. The molecule has 0 saturated heterocycles. The quantitative estimate of drug-likeness (QED) is 0.341. The topological polar surface area (TPSA) is 12.0 Å². The molecule has 0 aliphatic rings. The Morgan fingerprint density at radius 1 is 1.07 bits per heavy atom. The summed E-state index contributed by atoms with van der Waals surface area (Å²) in [5.74, 6) is 0. The SMILES string of the molecule is CNCCCCCC(F)(I)C(F)(F)F. The van der Waals surface area contributed by atoms with Gasteiger partial charge >= 0.3 is 6.18 Å². The Balaban J connectivity index is 3.67. The standard InChI is InChI=1S/C8H14F4IN/c1-14-6-4-2-3-5-7(9,13)8(10,11)12/h14H,2-6H2,1H3. The third-order valence-corrected chi connectivity index (χ3v) is 2.98. The zero-order chi connectivity index (χ0) is 11.2. The van der Waals surface area contributed by atoms with Crippen molar-refractivity contribution < 1.29 is 17.6 Å². The van der Waals surface area contributed by atoms with E-state index in [4.69, 9.17) is 0 Å². The first-order valence-electron chi connectivity index (χ1n) is 4.40. The molecule has 0 aromatic carbocycles. The molecule has 86 valence electrons. The Labute approximate surface area is 94.8 Å². The molecule has 0 aromatic rings. The van der Waals surface area contributed by atoms with E-state index in [0.717, 1.165) is 35.6 Å². The molecule has 0 bridgehead atoms. The lowest BCUT2D eigenvalue weighted by atomic mass is 10.1.